The predicted molar refractivity (Wildman–Crippen MR) is 72.2 cm³/mol. The summed E-state index contributed by atoms with van der Waals surface area (Å²) in [6.45, 7) is 4.08. The second kappa shape index (κ2) is 5.63. The Hall–Kier alpha value is -1.90. The van der Waals surface area contributed by atoms with Crippen molar-refractivity contribution in [3.8, 4) is 0 Å². The number of aromatic nitrogens is 1. The molecule has 0 bridgehead atoms. The van der Waals surface area contributed by atoms with Gasteiger partial charge in [0, 0.05) is 23.6 Å². The molecule has 0 spiro atoms. The van der Waals surface area contributed by atoms with Gasteiger partial charge in [0.25, 0.3) is 0 Å². The number of anilines is 1. The van der Waals surface area contributed by atoms with Gasteiger partial charge in [0.15, 0.2) is 0 Å². The van der Waals surface area contributed by atoms with E-state index in [0.717, 1.165) is 23.4 Å². The summed E-state index contributed by atoms with van der Waals surface area (Å²) in [6, 6.07) is 10.9. The topological polar surface area (TPSA) is 24.9 Å². The zero-order valence-electron chi connectivity index (χ0n) is 10.7. The van der Waals surface area contributed by atoms with Crippen LogP contribution in [-0.4, -0.2) is 11.0 Å². The van der Waals surface area contributed by atoms with Crippen LogP contribution in [0.4, 0.5) is 10.1 Å². The van der Waals surface area contributed by atoms with E-state index < -0.39 is 0 Å². The van der Waals surface area contributed by atoms with Gasteiger partial charge in [-0.25, -0.2) is 4.39 Å². The molecule has 1 N–H and O–H groups in total. The summed E-state index contributed by atoms with van der Waals surface area (Å²) in [6.07, 6.45) is 2.66. The Labute approximate surface area is 107 Å². The first kappa shape index (κ1) is 12.6. The molecule has 0 saturated heterocycles. The minimum Gasteiger partial charge on any atom is -0.382 e. The second-order valence-corrected chi connectivity index (χ2v) is 4.56. The van der Waals surface area contributed by atoms with Crippen molar-refractivity contribution in [2.75, 3.05) is 5.32 Å². The molecule has 1 aromatic heterocycles. The first-order chi connectivity index (χ1) is 8.63. The van der Waals surface area contributed by atoms with E-state index >= 15 is 0 Å². The molecular weight excluding hydrogens is 227 g/mol. The Morgan fingerprint density at radius 1 is 1.22 bits per heavy atom. The number of nitrogens with zero attached hydrogens (tertiary/aromatic N) is 1. The highest BCUT2D eigenvalue weighted by atomic mass is 19.1. The molecule has 1 unspecified atom stereocenters. The van der Waals surface area contributed by atoms with Crippen molar-refractivity contribution in [2.24, 2.45) is 0 Å². The predicted octanol–water partition coefficient (Wildman–Crippen LogP) is 3.57. The lowest BCUT2D eigenvalue weighted by molar-refractivity contribution is 0.626. The summed E-state index contributed by atoms with van der Waals surface area (Å²) in [4.78, 5) is 4.16. The molecule has 0 saturated carbocycles. The monoisotopic (exact) mass is 244 g/mol. The van der Waals surface area contributed by atoms with Crippen LogP contribution in [0.2, 0.25) is 0 Å². The lowest BCUT2D eigenvalue weighted by Crippen LogP contribution is -2.18. The Balaban J connectivity index is 1.96. The molecule has 1 atom stereocenters. The Bertz CT molecular complexity index is 508. The molecule has 2 rings (SSSR count). The lowest BCUT2D eigenvalue weighted by Gasteiger charge is -2.15. The maximum absolute atomic E-state index is 12.8. The Morgan fingerprint density at radius 2 is 1.94 bits per heavy atom. The molecule has 0 aliphatic rings. The van der Waals surface area contributed by atoms with Crippen molar-refractivity contribution >= 4 is 5.69 Å². The fourth-order valence-electron chi connectivity index (χ4n) is 1.94. The summed E-state index contributed by atoms with van der Waals surface area (Å²) in [5, 5.41) is 3.41. The number of halogens is 1. The maximum atomic E-state index is 12.8. The van der Waals surface area contributed by atoms with Crippen LogP contribution in [0.5, 0.6) is 0 Å². The van der Waals surface area contributed by atoms with Crippen molar-refractivity contribution in [2.45, 2.75) is 26.3 Å². The van der Waals surface area contributed by atoms with Gasteiger partial charge in [-0.3, -0.25) is 4.98 Å². The van der Waals surface area contributed by atoms with E-state index in [2.05, 4.69) is 17.2 Å². The molecule has 18 heavy (non-hydrogen) atoms. The van der Waals surface area contributed by atoms with E-state index in [0.29, 0.717) is 0 Å². The molecule has 0 amide bonds. The summed E-state index contributed by atoms with van der Waals surface area (Å²) in [5.41, 5.74) is 3.19. The van der Waals surface area contributed by atoms with Gasteiger partial charge in [0.05, 0.1) is 0 Å². The summed E-state index contributed by atoms with van der Waals surface area (Å²) in [5.74, 6) is -0.191. The van der Waals surface area contributed by atoms with Crippen molar-refractivity contribution in [1.82, 2.24) is 4.98 Å². The van der Waals surface area contributed by atoms with Crippen molar-refractivity contribution in [3.63, 3.8) is 0 Å². The third kappa shape index (κ3) is 3.55. The number of hydrogen-bond donors (Lipinski definition) is 1. The molecule has 0 radical (unpaired) electrons. The first-order valence-electron chi connectivity index (χ1n) is 6.07. The number of nitrogens with one attached hydrogen (secondary N) is 1. The van der Waals surface area contributed by atoms with Gasteiger partial charge in [-0.2, -0.15) is 0 Å². The van der Waals surface area contributed by atoms with E-state index in [1.165, 1.54) is 12.1 Å². The van der Waals surface area contributed by atoms with Gasteiger partial charge in [-0.05, 0) is 50.1 Å². The summed E-state index contributed by atoms with van der Waals surface area (Å²) < 4.78 is 12.8. The first-order valence-corrected chi connectivity index (χ1v) is 6.07. The number of hydrogen-bond acceptors (Lipinski definition) is 2. The van der Waals surface area contributed by atoms with Crippen LogP contribution >= 0.6 is 0 Å². The fourth-order valence-corrected chi connectivity index (χ4v) is 1.94. The van der Waals surface area contributed by atoms with Crippen LogP contribution < -0.4 is 5.32 Å². The van der Waals surface area contributed by atoms with E-state index in [1.807, 2.05) is 31.2 Å². The highest BCUT2D eigenvalue weighted by Crippen LogP contribution is 2.12. The zero-order valence-corrected chi connectivity index (χ0v) is 10.7. The average molecular weight is 244 g/mol. The number of pyridine rings is 1. The molecule has 2 aromatic rings. The average Bonchev–Trinajstić information content (AvgIpc) is 2.32. The van der Waals surface area contributed by atoms with Gasteiger partial charge >= 0.3 is 0 Å². The van der Waals surface area contributed by atoms with E-state index in [1.54, 1.807) is 6.20 Å². The molecule has 0 aliphatic carbocycles. The Kier molecular flexibility index (Phi) is 3.92. The van der Waals surface area contributed by atoms with Crippen molar-refractivity contribution in [1.29, 1.82) is 0 Å². The normalized spacial score (nSPS) is 12.2. The number of rotatable bonds is 4. The highest BCUT2D eigenvalue weighted by molar-refractivity contribution is 5.44. The standard InChI is InChI=1S/C15H17FN2/c1-11-10-15(7-8-17-11)18-12(2)9-13-3-5-14(16)6-4-13/h3-8,10,12H,9H2,1-2H3,(H,17,18). The fraction of sp³-hybridized carbons (Fsp3) is 0.267. The van der Waals surface area contributed by atoms with Crippen LogP contribution in [0.15, 0.2) is 42.6 Å². The van der Waals surface area contributed by atoms with E-state index in [9.17, 15) is 4.39 Å². The zero-order chi connectivity index (χ0) is 13.0. The molecule has 1 heterocycles. The largest absolute Gasteiger partial charge is 0.382 e. The molecule has 0 aliphatic heterocycles. The van der Waals surface area contributed by atoms with E-state index in [-0.39, 0.29) is 11.9 Å². The third-order valence-electron chi connectivity index (χ3n) is 2.76. The molecule has 3 heteroatoms. The molecular formula is C15H17FN2. The van der Waals surface area contributed by atoms with Crippen LogP contribution in [0.3, 0.4) is 0 Å². The second-order valence-electron chi connectivity index (χ2n) is 4.56. The van der Waals surface area contributed by atoms with Gasteiger partial charge in [-0.1, -0.05) is 12.1 Å². The minimum absolute atomic E-state index is 0.191. The Morgan fingerprint density at radius 3 is 2.61 bits per heavy atom. The van der Waals surface area contributed by atoms with Crippen LogP contribution in [0, 0.1) is 12.7 Å². The van der Waals surface area contributed by atoms with Gasteiger partial charge in [0.2, 0.25) is 0 Å². The SMILES string of the molecule is Cc1cc(NC(C)Cc2ccc(F)cc2)ccn1. The maximum Gasteiger partial charge on any atom is 0.123 e. The van der Waals surface area contributed by atoms with Crippen LogP contribution in [0.25, 0.3) is 0 Å². The summed E-state index contributed by atoms with van der Waals surface area (Å²) >= 11 is 0. The van der Waals surface area contributed by atoms with Crippen LogP contribution in [0.1, 0.15) is 18.2 Å². The number of benzene rings is 1. The smallest absolute Gasteiger partial charge is 0.123 e. The van der Waals surface area contributed by atoms with Crippen LogP contribution in [-0.2, 0) is 6.42 Å². The van der Waals surface area contributed by atoms with Gasteiger partial charge in [-0.15, -0.1) is 0 Å². The quantitative estimate of drug-likeness (QED) is 0.889. The molecule has 2 nitrogen and oxygen atoms in total. The van der Waals surface area contributed by atoms with Gasteiger partial charge in [0.1, 0.15) is 5.82 Å². The third-order valence-corrected chi connectivity index (χ3v) is 2.76. The van der Waals surface area contributed by atoms with Gasteiger partial charge < -0.3 is 5.32 Å². The minimum atomic E-state index is -0.191. The summed E-state index contributed by atoms with van der Waals surface area (Å²) in [7, 11) is 0. The lowest BCUT2D eigenvalue weighted by atomic mass is 10.1. The van der Waals surface area contributed by atoms with E-state index in [4.69, 9.17) is 0 Å². The molecule has 0 fully saturated rings. The number of aryl methyl sites for hydroxylation is 1. The highest BCUT2D eigenvalue weighted by Gasteiger charge is 2.04. The van der Waals surface area contributed by atoms with Crippen molar-refractivity contribution in [3.05, 3.63) is 59.7 Å². The van der Waals surface area contributed by atoms with Crippen molar-refractivity contribution < 1.29 is 4.39 Å². The molecule has 1 aromatic carbocycles. The molecule has 94 valence electrons.